The lowest BCUT2D eigenvalue weighted by Crippen LogP contribution is -2.27. The first-order valence-corrected chi connectivity index (χ1v) is 8.22. The van der Waals surface area contributed by atoms with E-state index in [9.17, 15) is 14.3 Å². The average Bonchev–Trinajstić information content (AvgIpc) is 2.89. The number of nitrogens with zero attached hydrogens (tertiary/aromatic N) is 3. The Morgan fingerprint density at radius 1 is 1.36 bits per heavy atom. The highest BCUT2D eigenvalue weighted by molar-refractivity contribution is 9.10. The fraction of sp³-hybridized carbons (Fsp3) is 0.235. The maximum Gasteiger partial charge on any atom is 0.419 e. The third kappa shape index (κ3) is 3.34. The number of aromatic nitrogens is 3. The standard InChI is InChI=1S/C17H15BrFN3O3/c1-17(2,3)25-16(24)22-11(13-15(23)20-8-12(18)21-13)7-9-5-4-6-10(19)14(9)22/h4-8H,1-3H3,(H,20,23). The summed E-state index contributed by atoms with van der Waals surface area (Å²) in [5, 5.41) is 10.5. The van der Waals surface area contributed by atoms with Gasteiger partial charge in [0.05, 0.1) is 17.4 Å². The van der Waals surface area contributed by atoms with E-state index in [4.69, 9.17) is 4.74 Å². The molecule has 0 aliphatic rings. The normalized spacial score (nSPS) is 11.7. The van der Waals surface area contributed by atoms with Gasteiger partial charge in [0.15, 0.2) is 5.69 Å². The number of hydrogen-bond acceptors (Lipinski definition) is 5. The predicted octanol–water partition coefficient (Wildman–Crippen LogP) is 4.49. The van der Waals surface area contributed by atoms with Crippen LogP contribution < -0.4 is 0 Å². The number of fused-ring (bicyclic) bond motifs is 1. The number of carbonyl (C=O) groups is 1. The van der Waals surface area contributed by atoms with Gasteiger partial charge < -0.3 is 9.84 Å². The molecule has 25 heavy (non-hydrogen) atoms. The minimum Gasteiger partial charge on any atom is -0.492 e. The van der Waals surface area contributed by atoms with Gasteiger partial charge in [-0.05, 0) is 48.8 Å². The highest BCUT2D eigenvalue weighted by atomic mass is 79.9. The second kappa shape index (κ2) is 6.11. The summed E-state index contributed by atoms with van der Waals surface area (Å²) in [6.07, 6.45) is 0.545. The maximum atomic E-state index is 14.4. The molecule has 0 atom stereocenters. The number of para-hydroxylation sites is 1. The highest BCUT2D eigenvalue weighted by Crippen LogP contribution is 2.33. The monoisotopic (exact) mass is 407 g/mol. The number of hydrogen-bond donors (Lipinski definition) is 1. The van der Waals surface area contributed by atoms with E-state index in [-0.39, 0.29) is 22.8 Å². The van der Waals surface area contributed by atoms with Crippen molar-refractivity contribution in [2.75, 3.05) is 0 Å². The Kier molecular flexibility index (Phi) is 4.24. The van der Waals surface area contributed by atoms with Crippen LogP contribution in [0.2, 0.25) is 0 Å². The lowest BCUT2D eigenvalue weighted by atomic mass is 10.2. The van der Waals surface area contributed by atoms with Crippen molar-refractivity contribution in [3.8, 4) is 17.3 Å². The highest BCUT2D eigenvalue weighted by Gasteiger charge is 2.26. The molecule has 0 bridgehead atoms. The molecule has 0 saturated heterocycles. The molecule has 0 spiro atoms. The van der Waals surface area contributed by atoms with Gasteiger partial charge >= 0.3 is 6.09 Å². The fourth-order valence-electron chi connectivity index (χ4n) is 2.42. The zero-order chi connectivity index (χ0) is 18.4. The first kappa shape index (κ1) is 17.3. The molecule has 1 N–H and O–H groups in total. The molecule has 2 heterocycles. The Morgan fingerprint density at radius 3 is 2.76 bits per heavy atom. The van der Waals surface area contributed by atoms with Gasteiger partial charge in [0.2, 0.25) is 5.88 Å². The maximum absolute atomic E-state index is 14.4. The van der Waals surface area contributed by atoms with Crippen molar-refractivity contribution in [3.63, 3.8) is 0 Å². The molecule has 3 rings (SSSR count). The first-order valence-electron chi connectivity index (χ1n) is 7.42. The van der Waals surface area contributed by atoms with Crippen molar-refractivity contribution in [1.82, 2.24) is 14.5 Å². The Labute approximate surface area is 151 Å². The zero-order valence-electron chi connectivity index (χ0n) is 13.7. The second-order valence-electron chi connectivity index (χ2n) is 6.39. The number of ether oxygens (including phenoxy) is 1. The van der Waals surface area contributed by atoms with Crippen LogP contribution in [0.1, 0.15) is 20.8 Å². The van der Waals surface area contributed by atoms with Gasteiger partial charge in [-0.1, -0.05) is 12.1 Å². The summed E-state index contributed by atoms with van der Waals surface area (Å²) < 4.78 is 21.2. The lowest BCUT2D eigenvalue weighted by Gasteiger charge is -2.21. The number of benzene rings is 1. The van der Waals surface area contributed by atoms with Crippen LogP contribution in [-0.2, 0) is 4.74 Å². The molecule has 0 saturated carbocycles. The lowest BCUT2D eigenvalue weighted by molar-refractivity contribution is 0.0546. The Balaban J connectivity index is 2.32. The summed E-state index contributed by atoms with van der Waals surface area (Å²) in [5.74, 6) is -0.965. The van der Waals surface area contributed by atoms with E-state index < -0.39 is 17.5 Å². The van der Waals surface area contributed by atoms with Crippen molar-refractivity contribution in [1.29, 1.82) is 0 Å². The van der Waals surface area contributed by atoms with E-state index in [1.807, 2.05) is 0 Å². The number of rotatable bonds is 1. The van der Waals surface area contributed by atoms with E-state index >= 15 is 0 Å². The molecule has 0 unspecified atom stereocenters. The van der Waals surface area contributed by atoms with Crippen LogP contribution in [0.15, 0.2) is 35.1 Å². The van der Waals surface area contributed by atoms with Crippen molar-refractivity contribution in [2.24, 2.45) is 0 Å². The summed E-state index contributed by atoms with van der Waals surface area (Å²) >= 11 is 3.18. The summed E-state index contributed by atoms with van der Waals surface area (Å²) in [4.78, 5) is 20.7. The molecule has 3 aromatic rings. The predicted molar refractivity (Wildman–Crippen MR) is 93.9 cm³/mol. The van der Waals surface area contributed by atoms with Crippen molar-refractivity contribution < 1.29 is 19.0 Å². The minimum atomic E-state index is -0.777. The van der Waals surface area contributed by atoms with Gasteiger partial charge in [-0.3, -0.25) is 0 Å². The van der Waals surface area contributed by atoms with E-state index in [0.717, 1.165) is 4.57 Å². The Hall–Kier alpha value is -2.48. The van der Waals surface area contributed by atoms with Crippen LogP contribution in [0.3, 0.4) is 0 Å². The Morgan fingerprint density at radius 2 is 2.08 bits per heavy atom. The molecule has 6 nitrogen and oxygen atoms in total. The largest absolute Gasteiger partial charge is 0.492 e. The summed E-state index contributed by atoms with van der Waals surface area (Å²) in [6, 6.07) is 6.00. The second-order valence-corrected chi connectivity index (χ2v) is 7.20. The van der Waals surface area contributed by atoms with E-state index in [2.05, 4.69) is 25.9 Å². The van der Waals surface area contributed by atoms with Gasteiger partial charge in [-0.15, -0.1) is 0 Å². The molecule has 0 aliphatic heterocycles. The SMILES string of the molecule is CC(C)(C)OC(=O)n1c(-c2nc(Br)cnc2O)cc2cccc(F)c21. The topological polar surface area (TPSA) is 77.2 Å². The molecular weight excluding hydrogens is 393 g/mol. The molecule has 2 aromatic heterocycles. The molecule has 1 aromatic carbocycles. The van der Waals surface area contributed by atoms with Crippen LogP contribution in [0.5, 0.6) is 5.88 Å². The van der Waals surface area contributed by atoms with Crippen LogP contribution in [0.4, 0.5) is 9.18 Å². The van der Waals surface area contributed by atoms with Crippen LogP contribution in [0.25, 0.3) is 22.3 Å². The third-order valence-corrected chi connectivity index (χ3v) is 3.70. The van der Waals surface area contributed by atoms with Gasteiger partial charge in [0, 0.05) is 5.39 Å². The van der Waals surface area contributed by atoms with Crippen molar-refractivity contribution in [3.05, 3.63) is 40.9 Å². The molecule has 0 fully saturated rings. The molecule has 0 radical (unpaired) electrons. The fourth-order valence-corrected chi connectivity index (χ4v) is 2.70. The van der Waals surface area contributed by atoms with Gasteiger partial charge in [-0.2, -0.15) is 0 Å². The Bertz CT molecular complexity index is 979. The van der Waals surface area contributed by atoms with E-state index in [0.29, 0.717) is 9.99 Å². The van der Waals surface area contributed by atoms with Crippen LogP contribution in [0, 0.1) is 5.82 Å². The summed E-state index contributed by atoms with van der Waals surface area (Å²) in [7, 11) is 0. The smallest absolute Gasteiger partial charge is 0.419 e. The molecule has 0 amide bonds. The number of aromatic hydroxyl groups is 1. The quantitative estimate of drug-likeness (QED) is 0.642. The minimum absolute atomic E-state index is 0.0378. The average molecular weight is 408 g/mol. The molecule has 0 aliphatic carbocycles. The van der Waals surface area contributed by atoms with Gasteiger partial charge in [0.25, 0.3) is 0 Å². The van der Waals surface area contributed by atoms with Crippen LogP contribution >= 0.6 is 15.9 Å². The van der Waals surface area contributed by atoms with Gasteiger partial charge in [-0.25, -0.2) is 23.7 Å². The van der Waals surface area contributed by atoms with Crippen LogP contribution in [-0.4, -0.2) is 31.3 Å². The molecule has 8 heteroatoms. The zero-order valence-corrected chi connectivity index (χ0v) is 15.3. The van der Waals surface area contributed by atoms with E-state index in [1.54, 1.807) is 32.9 Å². The number of halogens is 2. The van der Waals surface area contributed by atoms with Crippen molar-refractivity contribution >= 4 is 32.9 Å². The molecular formula is C17H15BrFN3O3. The van der Waals surface area contributed by atoms with Gasteiger partial charge in [0.1, 0.15) is 16.0 Å². The first-order chi connectivity index (χ1) is 11.7. The summed E-state index contributed by atoms with van der Waals surface area (Å²) in [5.41, 5.74) is -0.509. The molecule has 130 valence electrons. The van der Waals surface area contributed by atoms with Crippen molar-refractivity contribution in [2.45, 2.75) is 26.4 Å². The third-order valence-electron chi connectivity index (χ3n) is 3.32. The van der Waals surface area contributed by atoms with E-state index in [1.165, 1.54) is 18.3 Å². The number of carbonyl (C=O) groups excluding carboxylic acids is 1. The summed E-state index contributed by atoms with van der Waals surface area (Å²) in [6.45, 7) is 5.13.